The molecule has 3 nitrogen and oxygen atoms in total. The highest BCUT2D eigenvalue weighted by Gasteiger charge is 2.16. The van der Waals surface area contributed by atoms with E-state index < -0.39 is 6.43 Å². The summed E-state index contributed by atoms with van der Waals surface area (Å²) in [5.41, 5.74) is 0.309. The normalized spacial score (nSPS) is 11.1. The molecule has 0 aliphatic rings. The number of nitrogens with zero attached hydrogens (tertiary/aromatic N) is 2. The van der Waals surface area contributed by atoms with Gasteiger partial charge in [-0.1, -0.05) is 0 Å². The number of rotatable bonds is 2. The summed E-state index contributed by atoms with van der Waals surface area (Å²) < 4.78 is 31.0. The molecule has 0 aromatic carbocycles. The lowest BCUT2D eigenvalue weighted by Gasteiger charge is -1.96. The van der Waals surface area contributed by atoms with Crippen LogP contribution in [-0.2, 0) is 7.05 Å². The van der Waals surface area contributed by atoms with Gasteiger partial charge in [0.25, 0.3) is 6.43 Å². The lowest BCUT2D eigenvalue weighted by Crippen LogP contribution is -1.97. The molecular weight excluding hydrogens is 190 g/mol. The summed E-state index contributed by atoms with van der Waals surface area (Å²) in [6, 6.07) is 4.69. The SMILES string of the molecule is Cn1nc(-c2ccco2)cc1C(F)F. The molecule has 2 heterocycles. The van der Waals surface area contributed by atoms with E-state index in [1.807, 2.05) is 0 Å². The van der Waals surface area contributed by atoms with E-state index in [2.05, 4.69) is 5.10 Å². The van der Waals surface area contributed by atoms with Crippen LogP contribution in [0.25, 0.3) is 11.5 Å². The second-order valence-electron chi connectivity index (χ2n) is 2.86. The van der Waals surface area contributed by atoms with E-state index in [9.17, 15) is 8.78 Å². The molecule has 14 heavy (non-hydrogen) atoms. The fraction of sp³-hybridized carbons (Fsp3) is 0.222. The molecule has 0 radical (unpaired) electrons. The molecule has 0 unspecified atom stereocenters. The van der Waals surface area contributed by atoms with Crippen LogP contribution in [0.2, 0.25) is 0 Å². The van der Waals surface area contributed by atoms with Gasteiger partial charge in [-0.3, -0.25) is 4.68 Å². The second kappa shape index (κ2) is 3.25. The fourth-order valence-electron chi connectivity index (χ4n) is 1.23. The summed E-state index contributed by atoms with van der Waals surface area (Å²) in [5, 5.41) is 3.92. The Morgan fingerprint density at radius 2 is 2.29 bits per heavy atom. The largest absolute Gasteiger partial charge is 0.463 e. The fourth-order valence-corrected chi connectivity index (χ4v) is 1.23. The maximum absolute atomic E-state index is 12.4. The molecule has 0 fully saturated rings. The molecular formula is C9H8F2N2O. The van der Waals surface area contributed by atoms with Gasteiger partial charge in [0.05, 0.1) is 6.26 Å². The number of furan rings is 1. The zero-order valence-corrected chi connectivity index (χ0v) is 7.45. The van der Waals surface area contributed by atoms with Crippen LogP contribution in [0.15, 0.2) is 28.9 Å². The number of aryl methyl sites for hydroxylation is 1. The molecule has 74 valence electrons. The Hall–Kier alpha value is -1.65. The second-order valence-corrected chi connectivity index (χ2v) is 2.86. The topological polar surface area (TPSA) is 31.0 Å². The third-order valence-electron chi connectivity index (χ3n) is 1.91. The van der Waals surface area contributed by atoms with Gasteiger partial charge >= 0.3 is 0 Å². The van der Waals surface area contributed by atoms with Crippen molar-refractivity contribution in [1.82, 2.24) is 9.78 Å². The minimum absolute atomic E-state index is 0.114. The molecule has 2 rings (SSSR count). The lowest BCUT2D eigenvalue weighted by atomic mass is 10.3. The number of aromatic nitrogens is 2. The zero-order chi connectivity index (χ0) is 10.1. The number of hydrogen-bond acceptors (Lipinski definition) is 2. The van der Waals surface area contributed by atoms with Crippen LogP contribution in [0.1, 0.15) is 12.1 Å². The molecule has 0 spiro atoms. The minimum Gasteiger partial charge on any atom is -0.463 e. The van der Waals surface area contributed by atoms with Crippen LogP contribution in [-0.4, -0.2) is 9.78 Å². The summed E-state index contributed by atoms with van der Waals surface area (Å²) in [6.07, 6.45) is -1.04. The van der Waals surface area contributed by atoms with E-state index in [-0.39, 0.29) is 5.69 Å². The van der Waals surface area contributed by atoms with Crippen LogP contribution in [0, 0.1) is 0 Å². The van der Waals surface area contributed by atoms with Crippen LogP contribution < -0.4 is 0 Å². The Morgan fingerprint density at radius 3 is 2.79 bits per heavy atom. The predicted octanol–water partition coefficient (Wildman–Crippen LogP) is 2.62. The van der Waals surface area contributed by atoms with Gasteiger partial charge < -0.3 is 4.42 Å². The Kier molecular flexibility index (Phi) is 2.07. The van der Waals surface area contributed by atoms with E-state index in [0.717, 1.165) is 4.68 Å². The van der Waals surface area contributed by atoms with Crippen molar-refractivity contribution >= 4 is 0 Å². The van der Waals surface area contributed by atoms with Crippen molar-refractivity contribution in [2.75, 3.05) is 0 Å². The van der Waals surface area contributed by atoms with Crippen molar-refractivity contribution in [3.05, 3.63) is 30.2 Å². The van der Waals surface area contributed by atoms with Crippen molar-refractivity contribution in [2.45, 2.75) is 6.43 Å². The Bertz CT molecular complexity index is 420. The first-order valence-electron chi connectivity index (χ1n) is 4.04. The van der Waals surface area contributed by atoms with Gasteiger partial charge in [0, 0.05) is 7.05 Å². The standard InChI is InChI=1S/C9H8F2N2O/c1-13-7(9(10)11)5-6(12-13)8-3-2-4-14-8/h2-5,9H,1H3. The summed E-state index contributed by atoms with van der Waals surface area (Å²) in [7, 11) is 1.48. The van der Waals surface area contributed by atoms with E-state index in [0.29, 0.717) is 11.5 Å². The van der Waals surface area contributed by atoms with Gasteiger partial charge in [0.1, 0.15) is 11.4 Å². The average Bonchev–Trinajstić information content (AvgIpc) is 2.70. The van der Waals surface area contributed by atoms with Crippen molar-refractivity contribution in [1.29, 1.82) is 0 Å². The molecule has 0 atom stereocenters. The molecule has 0 amide bonds. The summed E-state index contributed by atoms with van der Waals surface area (Å²) in [6.45, 7) is 0. The molecule has 0 saturated heterocycles. The van der Waals surface area contributed by atoms with Crippen molar-refractivity contribution in [3.8, 4) is 11.5 Å². The molecule has 0 aliphatic heterocycles. The maximum Gasteiger partial charge on any atom is 0.280 e. The minimum atomic E-state index is -2.52. The number of alkyl halides is 2. The van der Waals surface area contributed by atoms with Crippen molar-refractivity contribution in [3.63, 3.8) is 0 Å². The smallest absolute Gasteiger partial charge is 0.280 e. The van der Waals surface area contributed by atoms with Gasteiger partial charge in [-0.25, -0.2) is 8.78 Å². The summed E-state index contributed by atoms with van der Waals surface area (Å²) >= 11 is 0. The highest BCUT2D eigenvalue weighted by atomic mass is 19.3. The maximum atomic E-state index is 12.4. The van der Waals surface area contributed by atoms with Gasteiger partial charge in [0.15, 0.2) is 5.76 Å². The molecule has 2 aromatic heterocycles. The van der Waals surface area contributed by atoms with Gasteiger partial charge in [-0.2, -0.15) is 5.10 Å². The van der Waals surface area contributed by atoms with Crippen molar-refractivity contribution < 1.29 is 13.2 Å². The molecule has 0 aliphatic carbocycles. The first-order valence-corrected chi connectivity index (χ1v) is 4.04. The first-order chi connectivity index (χ1) is 6.68. The van der Waals surface area contributed by atoms with Crippen LogP contribution in [0.3, 0.4) is 0 Å². The molecule has 5 heteroatoms. The monoisotopic (exact) mass is 198 g/mol. The Labute approximate surface area is 79.0 Å². The molecule has 0 N–H and O–H groups in total. The van der Waals surface area contributed by atoms with Crippen molar-refractivity contribution in [2.24, 2.45) is 7.05 Å². The van der Waals surface area contributed by atoms with E-state index in [1.54, 1.807) is 12.1 Å². The number of halogens is 2. The van der Waals surface area contributed by atoms with E-state index in [1.165, 1.54) is 19.4 Å². The Morgan fingerprint density at radius 1 is 1.50 bits per heavy atom. The molecule has 0 bridgehead atoms. The van der Waals surface area contributed by atoms with E-state index in [4.69, 9.17) is 4.42 Å². The highest BCUT2D eigenvalue weighted by molar-refractivity contribution is 5.52. The van der Waals surface area contributed by atoms with Crippen LogP contribution >= 0.6 is 0 Å². The quantitative estimate of drug-likeness (QED) is 0.742. The van der Waals surface area contributed by atoms with Gasteiger partial charge in [-0.15, -0.1) is 0 Å². The summed E-state index contributed by atoms with van der Waals surface area (Å²) in [4.78, 5) is 0. The molecule has 2 aromatic rings. The highest BCUT2D eigenvalue weighted by Crippen LogP contribution is 2.24. The lowest BCUT2D eigenvalue weighted by molar-refractivity contribution is 0.141. The van der Waals surface area contributed by atoms with Crippen LogP contribution in [0.4, 0.5) is 8.78 Å². The Balaban J connectivity index is 2.43. The third-order valence-corrected chi connectivity index (χ3v) is 1.91. The summed E-state index contributed by atoms with van der Waals surface area (Å²) in [5.74, 6) is 0.493. The van der Waals surface area contributed by atoms with Gasteiger partial charge in [-0.05, 0) is 18.2 Å². The number of hydrogen-bond donors (Lipinski definition) is 0. The van der Waals surface area contributed by atoms with E-state index >= 15 is 0 Å². The third kappa shape index (κ3) is 1.41. The zero-order valence-electron chi connectivity index (χ0n) is 7.45. The van der Waals surface area contributed by atoms with Crippen LogP contribution in [0.5, 0.6) is 0 Å². The predicted molar refractivity (Wildman–Crippen MR) is 45.9 cm³/mol. The molecule has 0 saturated carbocycles. The average molecular weight is 198 g/mol. The van der Waals surface area contributed by atoms with Gasteiger partial charge in [0.2, 0.25) is 0 Å². The first kappa shape index (κ1) is 8.93.